The van der Waals surface area contributed by atoms with Gasteiger partial charge < -0.3 is 15.5 Å². The fraction of sp³-hybridized carbons (Fsp3) is 0.188. The fourth-order valence-electron chi connectivity index (χ4n) is 2.07. The van der Waals surface area contributed by atoms with Gasteiger partial charge in [0.05, 0.1) is 5.56 Å². The highest BCUT2D eigenvalue weighted by molar-refractivity contribution is 5.89. The third kappa shape index (κ3) is 3.83. The number of hydrogen-bond acceptors (Lipinski definition) is 3. The Bertz CT molecular complexity index is 596. The number of carboxylic acid groups (broad SMARTS) is 1. The van der Waals surface area contributed by atoms with Crippen LogP contribution in [0.1, 0.15) is 21.5 Å². The van der Waals surface area contributed by atoms with Gasteiger partial charge in [-0.2, -0.15) is 0 Å². The van der Waals surface area contributed by atoms with Crippen molar-refractivity contribution in [2.24, 2.45) is 0 Å². The van der Waals surface area contributed by atoms with Gasteiger partial charge in [0.25, 0.3) is 0 Å². The number of phenols is 1. The number of hydrogen-bond donors (Lipinski definition) is 3. The normalized spacial score (nSPS) is 10.4. The van der Waals surface area contributed by atoms with Crippen LogP contribution in [-0.4, -0.2) is 22.7 Å². The lowest BCUT2D eigenvalue weighted by molar-refractivity contribution is 0.0695. The zero-order chi connectivity index (χ0) is 14.4. The third-order valence-corrected chi connectivity index (χ3v) is 3.06. The zero-order valence-electron chi connectivity index (χ0n) is 11.0. The molecule has 0 aliphatic heterocycles. The maximum Gasteiger partial charge on any atom is 0.335 e. The Morgan fingerprint density at radius 3 is 2.65 bits per heavy atom. The van der Waals surface area contributed by atoms with E-state index in [-0.39, 0.29) is 5.75 Å². The molecule has 0 unspecified atom stereocenters. The van der Waals surface area contributed by atoms with E-state index in [1.807, 2.05) is 18.2 Å². The first kappa shape index (κ1) is 14.1. The summed E-state index contributed by atoms with van der Waals surface area (Å²) in [6.45, 7) is 1.32. The molecule has 0 aliphatic rings. The number of carboxylic acids is 1. The fourth-order valence-corrected chi connectivity index (χ4v) is 2.07. The van der Waals surface area contributed by atoms with Crippen molar-refractivity contribution < 1.29 is 15.0 Å². The zero-order valence-corrected chi connectivity index (χ0v) is 11.0. The van der Waals surface area contributed by atoms with Crippen molar-refractivity contribution in [3.8, 4) is 5.75 Å². The molecule has 4 heteroatoms. The minimum absolute atomic E-state index is 0.250. The van der Waals surface area contributed by atoms with Crippen molar-refractivity contribution in [2.75, 3.05) is 6.54 Å². The summed E-state index contributed by atoms with van der Waals surface area (Å²) in [5.74, 6) is -0.644. The molecule has 0 bridgehead atoms. The van der Waals surface area contributed by atoms with Crippen LogP contribution < -0.4 is 5.32 Å². The molecule has 2 aromatic rings. The second-order valence-corrected chi connectivity index (χ2v) is 4.56. The summed E-state index contributed by atoms with van der Waals surface area (Å²) in [7, 11) is 0. The minimum atomic E-state index is -0.895. The van der Waals surface area contributed by atoms with Crippen LogP contribution in [0.3, 0.4) is 0 Å². The molecule has 4 nitrogen and oxygen atoms in total. The summed E-state index contributed by atoms with van der Waals surface area (Å²) in [4.78, 5) is 11.1. The van der Waals surface area contributed by atoms with Gasteiger partial charge in [-0.05, 0) is 42.3 Å². The smallest absolute Gasteiger partial charge is 0.335 e. The number of phenolic OH excluding ortho intramolecular Hbond substituents is 1. The van der Waals surface area contributed by atoms with Crippen LogP contribution in [0.25, 0.3) is 0 Å². The van der Waals surface area contributed by atoms with Gasteiger partial charge in [0.2, 0.25) is 0 Å². The molecule has 0 fully saturated rings. The molecular formula is C16H17NO3. The van der Waals surface area contributed by atoms with Crippen LogP contribution in [0.5, 0.6) is 5.75 Å². The molecule has 0 saturated carbocycles. The number of benzene rings is 2. The molecule has 2 aromatic carbocycles. The molecule has 0 spiro atoms. The van der Waals surface area contributed by atoms with Crippen molar-refractivity contribution in [3.63, 3.8) is 0 Å². The Labute approximate surface area is 117 Å². The number of aromatic hydroxyl groups is 1. The lowest BCUT2D eigenvalue weighted by Gasteiger charge is -2.08. The van der Waals surface area contributed by atoms with Gasteiger partial charge in [0, 0.05) is 6.54 Å². The van der Waals surface area contributed by atoms with Crippen LogP contribution in [0.2, 0.25) is 0 Å². The number of nitrogens with one attached hydrogen (secondary N) is 1. The van der Waals surface area contributed by atoms with E-state index in [0.717, 1.165) is 11.1 Å². The quantitative estimate of drug-likeness (QED) is 0.706. The second kappa shape index (κ2) is 6.73. The summed E-state index contributed by atoms with van der Waals surface area (Å²) in [6.07, 6.45) is 0.654. The van der Waals surface area contributed by atoms with E-state index in [9.17, 15) is 9.90 Å². The third-order valence-electron chi connectivity index (χ3n) is 3.06. The Hall–Kier alpha value is -2.33. The Kier molecular flexibility index (Phi) is 4.74. The molecule has 0 heterocycles. The number of carbonyl (C=O) groups is 1. The molecule has 104 valence electrons. The van der Waals surface area contributed by atoms with Crippen molar-refractivity contribution in [3.05, 3.63) is 65.2 Å². The Morgan fingerprint density at radius 2 is 1.90 bits per heavy atom. The molecule has 3 N–H and O–H groups in total. The molecule has 2 rings (SSSR count). The highest BCUT2D eigenvalue weighted by Gasteiger charge is 2.07. The van der Waals surface area contributed by atoms with E-state index < -0.39 is 5.97 Å². The van der Waals surface area contributed by atoms with Gasteiger partial charge in [0.15, 0.2) is 0 Å². The van der Waals surface area contributed by atoms with E-state index in [4.69, 9.17) is 5.11 Å². The van der Waals surface area contributed by atoms with E-state index in [0.29, 0.717) is 25.1 Å². The van der Waals surface area contributed by atoms with Gasteiger partial charge in [-0.1, -0.05) is 30.3 Å². The standard InChI is InChI=1S/C16H17NO3/c18-14-6-3-4-12(10-14)11-17-9-8-13-5-1-2-7-15(13)16(19)20/h1-7,10,17-18H,8-9,11H2,(H,19,20). The maximum atomic E-state index is 11.1. The minimum Gasteiger partial charge on any atom is -0.508 e. The highest BCUT2D eigenvalue weighted by atomic mass is 16.4. The molecule has 20 heavy (non-hydrogen) atoms. The highest BCUT2D eigenvalue weighted by Crippen LogP contribution is 2.11. The van der Waals surface area contributed by atoms with E-state index in [2.05, 4.69) is 5.32 Å². The lowest BCUT2D eigenvalue weighted by atomic mass is 10.0. The Balaban J connectivity index is 1.86. The van der Waals surface area contributed by atoms with Gasteiger partial charge in [-0.15, -0.1) is 0 Å². The van der Waals surface area contributed by atoms with Crippen LogP contribution in [-0.2, 0) is 13.0 Å². The van der Waals surface area contributed by atoms with Crippen LogP contribution in [0, 0.1) is 0 Å². The van der Waals surface area contributed by atoms with Crippen LogP contribution in [0.4, 0.5) is 0 Å². The molecular weight excluding hydrogens is 254 g/mol. The predicted octanol–water partition coefficient (Wildman–Crippen LogP) is 2.42. The van der Waals surface area contributed by atoms with Gasteiger partial charge in [-0.3, -0.25) is 0 Å². The first-order chi connectivity index (χ1) is 9.66. The predicted molar refractivity (Wildman–Crippen MR) is 76.9 cm³/mol. The SMILES string of the molecule is O=C(O)c1ccccc1CCNCc1cccc(O)c1. The van der Waals surface area contributed by atoms with Gasteiger partial charge in [0.1, 0.15) is 5.75 Å². The average molecular weight is 271 g/mol. The summed E-state index contributed by atoms with van der Waals surface area (Å²) < 4.78 is 0. The van der Waals surface area contributed by atoms with Crippen LogP contribution >= 0.6 is 0 Å². The van der Waals surface area contributed by atoms with Crippen LogP contribution in [0.15, 0.2) is 48.5 Å². The largest absolute Gasteiger partial charge is 0.508 e. The average Bonchev–Trinajstić information content (AvgIpc) is 2.44. The topological polar surface area (TPSA) is 69.6 Å². The molecule has 0 atom stereocenters. The van der Waals surface area contributed by atoms with E-state index in [1.165, 1.54) is 0 Å². The monoisotopic (exact) mass is 271 g/mol. The second-order valence-electron chi connectivity index (χ2n) is 4.56. The van der Waals surface area contributed by atoms with Crippen molar-refractivity contribution in [2.45, 2.75) is 13.0 Å². The number of aromatic carboxylic acids is 1. The lowest BCUT2D eigenvalue weighted by Crippen LogP contribution is -2.17. The molecule has 0 aromatic heterocycles. The molecule has 0 radical (unpaired) electrons. The molecule has 0 amide bonds. The maximum absolute atomic E-state index is 11.1. The van der Waals surface area contributed by atoms with Gasteiger partial charge in [-0.25, -0.2) is 4.79 Å². The Morgan fingerprint density at radius 1 is 1.10 bits per heavy atom. The summed E-state index contributed by atoms with van der Waals surface area (Å²) in [5, 5.41) is 21.7. The van der Waals surface area contributed by atoms with Crippen molar-refractivity contribution in [1.29, 1.82) is 0 Å². The first-order valence-electron chi connectivity index (χ1n) is 6.46. The first-order valence-corrected chi connectivity index (χ1v) is 6.46. The van der Waals surface area contributed by atoms with Crippen molar-refractivity contribution in [1.82, 2.24) is 5.32 Å². The van der Waals surface area contributed by atoms with E-state index in [1.54, 1.807) is 30.3 Å². The van der Waals surface area contributed by atoms with Crippen molar-refractivity contribution >= 4 is 5.97 Å². The number of rotatable bonds is 6. The van der Waals surface area contributed by atoms with Gasteiger partial charge >= 0.3 is 5.97 Å². The summed E-state index contributed by atoms with van der Waals surface area (Å²) >= 11 is 0. The summed E-state index contributed by atoms with van der Waals surface area (Å²) in [6, 6.07) is 14.1. The van der Waals surface area contributed by atoms with E-state index >= 15 is 0 Å². The molecule has 0 saturated heterocycles. The summed E-state index contributed by atoms with van der Waals surface area (Å²) in [5.41, 5.74) is 2.17. The molecule has 0 aliphatic carbocycles.